The smallest absolute Gasteiger partial charge is 0.335 e. The van der Waals surface area contributed by atoms with Crippen molar-refractivity contribution in [3.05, 3.63) is 35.4 Å². The van der Waals surface area contributed by atoms with E-state index in [0.29, 0.717) is 0 Å². The van der Waals surface area contributed by atoms with Gasteiger partial charge in [0, 0.05) is 0 Å². The number of benzene rings is 1. The molecule has 0 bridgehead atoms. The first kappa shape index (κ1) is 12.7. The Kier molecular flexibility index (Phi) is 3.82. The fourth-order valence-electron chi connectivity index (χ4n) is 1.41. The summed E-state index contributed by atoms with van der Waals surface area (Å²) in [5.74, 6) is -5.83. The maximum Gasteiger partial charge on any atom is 0.335 e. The Labute approximate surface area is 96.1 Å². The van der Waals surface area contributed by atoms with Crippen LogP contribution < -0.4 is 0 Å². The van der Waals surface area contributed by atoms with E-state index in [1.54, 1.807) is 0 Å². The van der Waals surface area contributed by atoms with E-state index in [1.807, 2.05) is 0 Å². The molecule has 0 atom stereocenters. The van der Waals surface area contributed by atoms with Gasteiger partial charge in [-0.2, -0.15) is 0 Å². The zero-order valence-electron chi connectivity index (χ0n) is 8.66. The fourth-order valence-corrected chi connectivity index (χ4v) is 1.41. The summed E-state index contributed by atoms with van der Waals surface area (Å²) in [6.07, 6.45) is -0.354. The Balaban J connectivity index is 3.05. The SMILES string of the molecule is O=C(O)c1ccccc1CC(C(=O)O)C(=O)O. The third-order valence-electron chi connectivity index (χ3n) is 2.27. The van der Waals surface area contributed by atoms with E-state index in [1.165, 1.54) is 24.3 Å². The van der Waals surface area contributed by atoms with Gasteiger partial charge in [0.1, 0.15) is 0 Å². The van der Waals surface area contributed by atoms with Crippen LogP contribution in [0.25, 0.3) is 0 Å². The second kappa shape index (κ2) is 5.11. The van der Waals surface area contributed by atoms with Crippen molar-refractivity contribution < 1.29 is 29.7 Å². The molecule has 1 aromatic rings. The molecule has 6 heteroatoms. The van der Waals surface area contributed by atoms with Crippen LogP contribution in [0.3, 0.4) is 0 Å². The highest BCUT2D eigenvalue weighted by atomic mass is 16.4. The molecule has 0 aliphatic rings. The Morgan fingerprint density at radius 2 is 1.53 bits per heavy atom. The average molecular weight is 238 g/mol. The average Bonchev–Trinajstić information content (AvgIpc) is 2.25. The molecule has 0 saturated carbocycles. The van der Waals surface area contributed by atoms with E-state index < -0.39 is 23.8 Å². The van der Waals surface area contributed by atoms with Gasteiger partial charge >= 0.3 is 17.9 Å². The van der Waals surface area contributed by atoms with Crippen LogP contribution in [0.1, 0.15) is 15.9 Å². The number of carbonyl (C=O) groups is 3. The highest BCUT2D eigenvalue weighted by Gasteiger charge is 2.27. The second-order valence-corrected chi connectivity index (χ2v) is 3.40. The normalized spacial score (nSPS) is 10.2. The lowest BCUT2D eigenvalue weighted by Gasteiger charge is -2.09. The minimum atomic E-state index is -1.64. The summed E-state index contributed by atoms with van der Waals surface area (Å²) in [4.78, 5) is 32.2. The molecule has 1 rings (SSSR count). The third kappa shape index (κ3) is 3.04. The van der Waals surface area contributed by atoms with Gasteiger partial charge < -0.3 is 15.3 Å². The minimum Gasteiger partial charge on any atom is -0.481 e. The quantitative estimate of drug-likeness (QED) is 0.651. The Morgan fingerprint density at radius 1 is 1.00 bits per heavy atom. The molecule has 3 N–H and O–H groups in total. The van der Waals surface area contributed by atoms with E-state index in [2.05, 4.69) is 0 Å². The first-order valence-electron chi connectivity index (χ1n) is 4.70. The molecule has 0 fully saturated rings. The van der Waals surface area contributed by atoms with Gasteiger partial charge in [-0.15, -0.1) is 0 Å². The van der Waals surface area contributed by atoms with E-state index in [0.717, 1.165) is 0 Å². The summed E-state index contributed by atoms with van der Waals surface area (Å²) >= 11 is 0. The van der Waals surface area contributed by atoms with Gasteiger partial charge in [0.15, 0.2) is 5.92 Å². The lowest BCUT2D eigenvalue weighted by Crippen LogP contribution is -2.26. The zero-order chi connectivity index (χ0) is 13.0. The first-order valence-corrected chi connectivity index (χ1v) is 4.70. The van der Waals surface area contributed by atoms with Crippen LogP contribution in [0.2, 0.25) is 0 Å². The molecule has 0 aromatic heterocycles. The van der Waals surface area contributed by atoms with Crippen molar-refractivity contribution in [2.45, 2.75) is 6.42 Å². The number of rotatable bonds is 5. The van der Waals surface area contributed by atoms with Crippen LogP contribution in [0.4, 0.5) is 0 Å². The molecule has 17 heavy (non-hydrogen) atoms. The molecule has 6 nitrogen and oxygen atoms in total. The van der Waals surface area contributed by atoms with Gasteiger partial charge in [0.25, 0.3) is 0 Å². The summed E-state index contributed by atoms with van der Waals surface area (Å²) < 4.78 is 0. The number of aromatic carboxylic acids is 1. The molecule has 0 aliphatic carbocycles. The number of carboxylic acid groups (broad SMARTS) is 3. The van der Waals surface area contributed by atoms with Crippen molar-refractivity contribution in [3.8, 4) is 0 Å². The molecule has 90 valence electrons. The molecular weight excluding hydrogens is 228 g/mol. The van der Waals surface area contributed by atoms with Crippen molar-refractivity contribution >= 4 is 17.9 Å². The molecule has 0 spiro atoms. The summed E-state index contributed by atoms with van der Waals surface area (Å²) in [5, 5.41) is 26.3. The van der Waals surface area contributed by atoms with Gasteiger partial charge in [0.05, 0.1) is 5.56 Å². The third-order valence-corrected chi connectivity index (χ3v) is 2.27. The van der Waals surface area contributed by atoms with Gasteiger partial charge in [-0.05, 0) is 18.1 Å². The van der Waals surface area contributed by atoms with Crippen molar-refractivity contribution in [1.82, 2.24) is 0 Å². The highest BCUT2D eigenvalue weighted by Crippen LogP contribution is 2.15. The van der Waals surface area contributed by atoms with Crippen LogP contribution in [-0.2, 0) is 16.0 Å². The Morgan fingerprint density at radius 3 is 2.00 bits per heavy atom. The summed E-state index contributed by atoms with van der Waals surface area (Å²) in [6, 6.07) is 5.73. The summed E-state index contributed by atoms with van der Waals surface area (Å²) in [6.45, 7) is 0. The van der Waals surface area contributed by atoms with Crippen LogP contribution in [0, 0.1) is 5.92 Å². The summed E-state index contributed by atoms with van der Waals surface area (Å²) in [7, 11) is 0. The maximum atomic E-state index is 10.8. The fraction of sp³-hybridized carbons (Fsp3) is 0.182. The maximum absolute atomic E-state index is 10.8. The van der Waals surface area contributed by atoms with Crippen LogP contribution in [0.15, 0.2) is 24.3 Å². The zero-order valence-corrected chi connectivity index (χ0v) is 8.66. The molecule has 0 aliphatic heterocycles. The van der Waals surface area contributed by atoms with Gasteiger partial charge in [-0.3, -0.25) is 9.59 Å². The largest absolute Gasteiger partial charge is 0.481 e. The van der Waals surface area contributed by atoms with E-state index >= 15 is 0 Å². The number of aliphatic carboxylic acids is 2. The van der Waals surface area contributed by atoms with Crippen molar-refractivity contribution in [2.24, 2.45) is 5.92 Å². The lowest BCUT2D eigenvalue weighted by atomic mass is 9.96. The molecular formula is C11H10O6. The van der Waals surface area contributed by atoms with E-state index in [-0.39, 0.29) is 17.5 Å². The first-order chi connectivity index (χ1) is 7.93. The predicted octanol–water partition coefficient (Wildman–Crippen LogP) is 0.713. The van der Waals surface area contributed by atoms with Crippen molar-refractivity contribution in [2.75, 3.05) is 0 Å². The molecule has 0 heterocycles. The van der Waals surface area contributed by atoms with Crippen molar-refractivity contribution in [3.63, 3.8) is 0 Å². The van der Waals surface area contributed by atoms with Crippen LogP contribution >= 0.6 is 0 Å². The standard InChI is InChI=1S/C11H10O6/c12-9(13)7-4-2-1-3-6(7)5-8(10(14)15)11(16)17/h1-4,8H,5H2,(H,12,13)(H,14,15)(H,16,17). The molecule has 0 unspecified atom stereocenters. The summed E-state index contributed by atoms with van der Waals surface area (Å²) in [5.41, 5.74) is 0.106. The molecule has 1 aromatic carbocycles. The van der Waals surface area contributed by atoms with Gasteiger partial charge in [0.2, 0.25) is 0 Å². The Hall–Kier alpha value is -2.37. The Bertz CT molecular complexity index is 451. The highest BCUT2D eigenvalue weighted by molar-refractivity contribution is 5.94. The minimum absolute atomic E-state index is 0.0833. The lowest BCUT2D eigenvalue weighted by molar-refractivity contribution is -0.154. The van der Waals surface area contributed by atoms with Gasteiger partial charge in [-0.25, -0.2) is 4.79 Å². The number of carboxylic acids is 3. The molecule has 0 amide bonds. The molecule has 0 saturated heterocycles. The van der Waals surface area contributed by atoms with Crippen molar-refractivity contribution in [1.29, 1.82) is 0 Å². The van der Waals surface area contributed by atoms with Crippen LogP contribution in [0.5, 0.6) is 0 Å². The second-order valence-electron chi connectivity index (χ2n) is 3.40. The monoisotopic (exact) mass is 238 g/mol. The van der Waals surface area contributed by atoms with Gasteiger partial charge in [-0.1, -0.05) is 18.2 Å². The van der Waals surface area contributed by atoms with E-state index in [9.17, 15) is 14.4 Å². The van der Waals surface area contributed by atoms with E-state index in [4.69, 9.17) is 15.3 Å². The number of hydrogen-bond donors (Lipinski definition) is 3. The number of hydrogen-bond acceptors (Lipinski definition) is 3. The predicted molar refractivity (Wildman–Crippen MR) is 55.9 cm³/mol. The van der Waals surface area contributed by atoms with Crippen LogP contribution in [-0.4, -0.2) is 33.2 Å². The topological polar surface area (TPSA) is 112 Å². The molecule has 0 radical (unpaired) electrons.